The number of ether oxygens (including phenoxy) is 2. The summed E-state index contributed by atoms with van der Waals surface area (Å²) in [4.78, 5) is 43.6. The Morgan fingerprint density at radius 2 is 1.78 bits per heavy atom. The Kier molecular flexibility index (Phi) is 7.02. The first-order chi connectivity index (χ1) is 17.9. The number of nitrogens with one attached hydrogen (secondary N) is 1. The second-order valence-corrected chi connectivity index (χ2v) is 9.83. The van der Waals surface area contributed by atoms with Crippen LogP contribution in [0.1, 0.15) is 22.3 Å². The fourth-order valence-electron chi connectivity index (χ4n) is 3.76. The summed E-state index contributed by atoms with van der Waals surface area (Å²) in [5, 5.41) is 12.0. The number of carboxylic acid groups (broad SMARTS) is 1. The molecule has 1 fully saturated rings. The van der Waals surface area contributed by atoms with E-state index in [-0.39, 0.29) is 37.1 Å². The normalized spacial score (nSPS) is 17.6. The van der Waals surface area contributed by atoms with E-state index in [1.807, 2.05) is 12.1 Å². The van der Waals surface area contributed by atoms with Gasteiger partial charge < -0.3 is 19.9 Å². The minimum absolute atomic E-state index is 0.0338. The third-order valence-corrected chi connectivity index (χ3v) is 7.10. The number of nitrogens with zero attached hydrogens (tertiary/aromatic N) is 2. The summed E-state index contributed by atoms with van der Waals surface area (Å²) < 4.78 is 10.8. The number of anilines is 1. The van der Waals surface area contributed by atoms with Gasteiger partial charge in [0, 0.05) is 17.1 Å². The zero-order chi connectivity index (χ0) is 25.9. The van der Waals surface area contributed by atoms with Crippen molar-refractivity contribution in [2.45, 2.75) is 18.2 Å². The van der Waals surface area contributed by atoms with Crippen LogP contribution in [0.2, 0.25) is 5.02 Å². The minimum atomic E-state index is -1.06. The molecule has 2 amide bonds. The van der Waals surface area contributed by atoms with Crippen molar-refractivity contribution in [1.29, 1.82) is 0 Å². The summed E-state index contributed by atoms with van der Waals surface area (Å²) in [5.41, 5.74) is 1.95. The van der Waals surface area contributed by atoms with E-state index in [1.165, 1.54) is 36.0 Å². The molecule has 0 saturated carbocycles. The van der Waals surface area contributed by atoms with Gasteiger partial charge >= 0.3 is 5.97 Å². The van der Waals surface area contributed by atoms with Gasteiger partial charge in [0.05, 0.1) is 17.8 Å². The molecule has 1 atom stereocenters. The zero-order valence-electron chi connectivity index (χ0n) is 19.2. The average Bonchev–Trinajstić information content (AvgIpc) is 3.35. The summed E-state index contributed by atoms with van der Waals surface area (Å²) in [7, 11) is 0. The molecule has 2 aliphatic rings. The molecule has 11 heteroatoms. The number of amidine groups is 1. The predicted octanol–water partition coefficient (Wildman–Crippen LogP) is 4.93. The molecule has 0 spiro atoms. The number of carbonyl (C=O) groups is 3. The summed E-state index contributed by atoms with van der Waals surface area (Å²) in [5.74, 6) is -0.446. The van der Waals surface area contributed by atoms with Crippen LogP contribution in [0.25, 0.3) is 0 Å². The van der Waals surface area contributed by atoms with Crippen LogP contribution in [0.3, 0.4) is 0 Å². The van der Waals surface area contributed by atoms with Crippen LogP contribution in [-0.2, 0) is 16.1 Å². The quantitative estimate of drug-likeness (QED) is 0.458. The van der Waals surface area contributed by atoms with Crippen LogP contribution in [-0.4, -0.2) is 45.0 Å². The van der Waals surface area contributed by atoms with Crippen molar-refractivity contribution in [2.24, 2.45) is 4.99 Å². The Bertz CT molecular complexity index is 1390. The minimum Gasteiger partial charge on any atom is -0.478 e. The summed E-state index contributed by atoms with van der Waals surface area (Å²) >= 11 is 7.19. The van der Waals surface area contributed by atoms with Gasteiger partial charge in [0.15, 0.2) is 16.7 Å². The number of carbonyl (C=O) groups excluding carboxylic acids is 2. The lowest BCUT2D eigenvalue weighted by atomic mass is 10.1. The van der Waals surface area contributed by atoms with Gasteiger partial charge in [-0.1, -0.05) is 29.4 Å². The van der Waals surface area contributed by atoms with E-state index in [2.05, 4.69) is 10.3 Å². The first-order valence-corrected chi connectivity index (χ1v) is 12.5. The molecule has 188 valence electrons. The van der Waals surface area contributed by atoms with E-state index in [4.69, 9.17) is 26.2 Å². The molecular weight excluding hydrogens is 518 g/mol. The molecular formula is C26H20ClN3O6S. The predicted molar refractivity (Wildman–Crippen MR) is 140 cm³/mol. The van der Waals surface area contributed by atoms with Crippen LogP contribution in [0.5, 0.6) is 11.5 Å². The summed E-state index contributed by atoms with van der Waals surface area (Å²) in [6.45, 7) is 0.385. The van der Waals surface area contributed by atoms with Gasteiger partial charge in [-0.25, -0.2) is 9.79 Å². The van der Waals surface area contributed by atoms with Crippen molar-refractivity contribution in [1.82, 2.24) is 4.90 Å². The molecule has 2 N–H and O–H groups in total. The van der Waals surface area contributed by atoms with Crippen molar-refractivity contribution in [3.05, 3.63) is 82.9 Å². The molecule has 0 aliphatic carbocycles. The largest absolute Gasteiger partial charge is 0.478 e. The second-order valence-electron chi connectivity index (χ2n) is 8.22. The van der Waals surface area contributed by atoms with E-state index in [0.29, 0.717) is 33.1 Å². The lowest BCUT2D eigenvalue weighted by molar-refractivity contribution is -0.129. The number of aliphatic imine (C=N–C) groups is 1. The second kappa shape index (κ2) is 10.5. The first-order valence-electron chi connectivity index (χ1n) is 11.2. The third-order valence-electron chi connectivity index (χ3n) is 5.66. The van der Waals surface area contributed by atoms with Gasteiger partial charge in [-0.2, -0.15) is 0 Å². The van der Waals surface area contributed by atoms with Crippen molar-refractivity contribution in [2.75, 3.05) is 12.1 Å². The highest BCUT2D eigenvalue weighted by Gasteiger charge is 2.36. The molecule has 0 aromatic heterocycles. The number of aromatic carboxylic acids is 1. The number of benzene rings is 3. The Morgan fingerprint density at radius 1 is 1.05 bits per heavy atom. The number of rotatable bonds is 6. The molecule has 5 rings (SSSR count). The topological polar surface area (TPSA) is 118 Å². The molecule has 9 nitrogen and oxygen atoms in total. The third kappa shape index (κ3) is 5.71. The average molecular weight is 538 g/mol. The van der Waals surface area contributed by atoms with E-state index in [9.17, 15) is 14.4 Å². The lowest BCUT2D eigenvalue weighted by Crippen LogP contribution is -2.44. The van der Waals surface area contributed by atoms with Crippen molar-refractivity contribution in [3.8, 4) is 11.5 Å². The number of halogens is 1. The molecule has 37 heavy (non-hydrogen) atoms. The molecule has 1 saturated heterocycles. The van der Waals surface area contributed by atoms with E-state index in [1.54, 1.807) is 35.2 Å². The maximum atomic E-state index is 13.3. The fraction of sp³-hybridized carbons (Fsp3) is 0.154. The monoisotopic (exact) mass is 537 g/mol. The highest BCUT2D eigenvalue weighted by molar-refractivity contribution is 8.15. The Balaban J connectivity index is 1.38. The molecule has 3 aromatic rings. The fourth-order valence-corrected chi connectivity index (χ4v) is 4.99. The lowest BCUT2D eigenvalue weighted by Gasteiger charge is -2.32. The molecule has 2 heterocycles. The standard InChI is InChI=1S/C26H20ClN3O6S/c27-17-4-8-19(9-5-17)29-26-30(13-15-1-10-20-21(11-15)36-14-35-20)23(31)12-22(37-26)24(32)28-18-6-2-16(3-7-18)25(33)34/h1-11,22H,12-14H2,(H,28,32)(H,33,34)/t22-/m1/s1. The van der Waals surface area contributed by atoms with Gasteiger partial charge in [0.25, 0.3) is 0 Å². The van der Waals surface area contributed by atoms with Crippen molar-refractivity contribution in [3.63, 3.8) is 0 Å². The number of amides is 2. The zero-order valence-corrected chi connectivity index (χ0v) is 20.8. The highest BCUT2D eigenvalue weighted by atomic mass is 35.5. The highest BCUT2D eigenvalue weighted by Crippen LogP contribution is 2.35. The van der Waals surface area contributed by atoms with Crippen LogP contribution < -0.4 is 14.8 Å². The van der Waals surface area contributed by atoms with Crippen LogP contribution in [0.4, 0.5) is 11.4 Å². The van der Waals surface area contributed by atoms with E-state index in [0.717, 1.165) is 5.56 Å². The maximum absolute atomic E-state index is 13.3. The number of hydrogen-bond donors (Lipinski definition) is 2. The smallest absolute Gasteiger partial charge is 0.335 e. The van der Waals surface area contributed by atoms with Gasteiger partial charge in [-0.05, 0) is 66.2 Å². The molecule has 0 bridgehead atoms. The Hall–Kier alpha value is -4.02. The van der Waals surface area contributed by atoms with Crippen molar-refractivity contribution >= 4 is 57.7 Å². The molecule has 0 radical (unpaired) electrons. The molecule has 0 unspecified atom stereocenters. The Labute approximate surface area is 221 Å². The van der Waals surface area contributed by atoms with Crippen LogP contribution in [0.15, 0.2) is 71.7 Å². The maximum Gasteiger partial charge on any atom is 0.335 e. The van der Waals surface area contributed by atoms with E-state index >= 15 is 0 Å². The first kappa shape index (κ1) is 24.7. The number of fused-ring (bicyclic) bond motifs is 1. The van der Waals surface area contributed by atoms with Crippen LogP contribution >= 0.6 is 23.4 Å². The number of hydrogen-bond acceptors (Lipinski definition) is 7. The van der Waals surface area contributed by atoms with Gasteiger partial charge in [0.2, 0.25) is 18.6 Å². The summed E-state index contributed by atoms with van der Waals surface area (Å²) in [6.07, 6.45) is -0.0338. The van der Waals surface area contributed by atoms with E-state index < -0.39 is 11.2 Å². The van der Waals surface area contributed by atoms with Gasteiger partial charge in [-0.3, -0.25) is 14.5 Å². The van der Waals surface area contributed by atoms with Crippen LogP contribution in [0, 0.1) is 0 Å². The number of thioether (sulfide) groups is 1. The SMILES string of the molecule is O=C(O)c1ccc(NC(=O)[C@H]2CC(=O)N(Cc3ccc4c(c3)OCO4)C(=Nc3ccc(Cl)cc3)S2)cc1. The van der Waals surface area contributed by atoms with Crippen molar-refractivity contribution < 1.29 is 29.0 Å². The summed E-state index contributed by atoms with van der Waals surface area (Å²) in [6, 6.07) is 18.1. The van der Waals surface area contributed by atoms with Gasteiger partial charge in [-0.15, -0.1) is 0 Å². The molecule has 3 aromatic carbocycles. The Morgan fingerprint density at radius 3 is 2.51 bits per heavy atom. The molecule has 2 aliphatic heterocycles. The van der Waals surface area contributed by atoms with Gasteiger partial charge in [0.1, 0.15) is 5.25 Å². The number of carboxylic acids is 1.